The molecule has 90 valence electrons. The first-order valence-electron chi connectivity index (χ1n) is 3.77. The Bertz CT molecular complexity index is 500. The molecule has 0 bridgehead atoms. The number of hydrogen-bond donors (Lipinski definition) is 1. The number of aromatic hydroxyl groups is 1. The molecule has 0 saturated heterocycles. The van der Waals surface area contributed by atoms with Crippen LogP contribution in [-0.2, 0) is 0 Å². The minimum absolute atomic E-state index is 0.171. The molecule has 0 amide bonds. The fraction of sp³-hybridized carbons (Fsp3) is 0. The van der Waals surface area contributed by atoms with Crippen LogP contribution >= 0.6 is 0 Å². The number of rotatable bonds is 3. The summed E-state index contributed by atoms with van der Waals surface area (Å²) < 4.78 is 0. The van der Waals surface area contributed by atoms with Crippen LogP contribution in [0.2, 0.25) is 0 Å². The van der Waals surface area contributed by atoms with E-state index in [4.69, 9.17) is 5.11 Å². The van der Waals surface area contributed by atoms with Gasteiger partial charge in [-0.15, -0.1) is 0 Å². The Kier molecular flexibility index (Phi) is 2.76. The highest BCUT2D eigenvalue weighted by Crippen LogP contribution is 2.46. The maximum atomic E-state index is 11.2. The van der Waals surface area contributed by atoms with Crippen molar-refractivity contribution < 1.29 is 25.0 Å². The van der Waals surface area contributed by atoms with E-state index in [0.717, 1.165) is 0 Å². The third kappa shape index (κ3) is 1.88. The molecule has 0 aliphatic rings. The average molecular weight is 244 g/mol. The average Bonchev–Trinajstić information content (AvgIpc) is 2.15. The first kappa shape index (κ1) is 12.1. The van der Waals surface area contributed by atoms with E-state index in [1.54, 1.807) is 0 Å². The van der Waals surface area contributed by atoms with E-state index >= 15 is 0 Å². The fourth-order valence-corrected chi connectivity index (χ4v) is 1.06. The molecular formula is C6H2N3O8-. The SMILES string of the molecule is O=[N+]([O-])c1cc([N+](=O)[O-])c(O)c([N+](=O)[O-])c1[O-]. The number of benzene rings is 1. The van der Waals surface area contributed by atoms with Crippen LogP contribution in [0.5, 0.6) is 11.5 Å². The maximum absolute atomic E-state index is 11.2. The van der Waals surface area contributed by atoms with E-state index < -0.39 is 43.3 Å². The summed E-state index contributed by atoms with van der Waals surface area (Å²) in [6.07, 6.45) is 0. The predicted octanol–water partition coefficient (Wildman–Crippen LogP) is 0.190. The summed E-state index contributed by atoms with van der Waals surface area (Å²) in [5.74, 6) is -3.20. The molecule has 0 radical (unpaired) electrons. The lowest BCUT2D eigenvalue weighted by Gasteiger charge is -2.08. The van der Waals surface area contributed by atoms with Crippen LogP contribution in [0.25, 0.3) is 0 Å². The van der Waals surface area contributed by atoms with Crippen molar-refractivity contribution in [1.82, 2.24) is 0 Å². The van der Waals surface area contributed by atoms with Gasteiger partial charge in [0.15, 0.2) is 0 Å². The first-order chi connectivity index (χ1) is 7.77. The second-order valence-electron chi connectivity index (χ2n) is 2.71. The summed E-state index contributed by atoms with van der Waals surface area (Å²) in [6.45, 7) is 0. The molecular weight excluding hydrogens is 242 g/mol. The second kappa shape index (κ2) is 3.88. The molecule has 1 aromatic carbocycles. The van der Waals surface area contributed by atoms with Crippen LogP contribution in [0.4, 0.5) is 17.1 Å². The van der Waals surface area contributed by atoms with Crippen LogP contribution in [0, 0.1) is 30.3 Å². The number of phenolic OH excluding ortho intramolecular Hbond substituents is 1. The lowest BCUT2D eigenvalue weighted by atomic mass is 10.2. The van der Waals surface area contributed by atoms with E-state index in [0.29, 0.717) is 0 Å². The van der Waals surface area contributed by atoms with Crippen LogP contribution in [0.1, 0.15) is 0 Å². The Morgan fingerprint density at radius 2 is 1.41 bits per heavy atom. The van der Waals surface area contributed by atoms with Gasteiger partial charge in [0.25, 0.3) is 11.4 Å². The zero-order valence-electron chi connectivity index (χ0n) is 7.72. The van der Waals surface area contributed by atoms with Crippen molar-refractivity contribution in [3.63, 3.8) is 0 Å². The largest absolute Gasteiger partial charge is 0.863 e. The first-order valence-corrected chi connectivity index (χ1v) is 3.77. The molecule has 17 heavy (non-hydrogen) atoms. The van der Waals surface area contributed by atoms with Gasteiger partial charge in [0.1, 0.15) is 0 Å². The molecule has 1 rings (SSSR count). The molecule has 11 nitrogen and oxygen atoms in total. The molecule has 0 spiro atoms. The van der Waals surface area contributed by atoms with Crippen molar-refractivity contribution in [2.24, 2.45) is 0 Å². The Balaban J connectivity index is 3.76. The lowest BCUT2D eigenvalue weighted by Crippen LogP contribution is -2.04. The van der Waals surface area contributed by atoms with Crippen LogP contribution in [-0.4, -0.2) is 19.9 Å². The Hall–Kier alpha value is -2.98. The summed E-state index contributed by atoms with van der Waals surface area (Å²) >= 11 is 0. The molecule has 0 aromatic heterocycles. The second-order valence-corrected chi connectivity index (χ2v) is 2.71. The highest BCUT2D eigenvalue weighted by Gasteiger charge is 2.32. The van der Waals surface area contributed by atoms with Gasteiger partial charge in [-0.1, -0.05) is 0 Å². The summed E-state index contributed by atoms with van der Waals surface area (Å²) in [7, 11) is 0. The van der Waals surface area contributed by atoms with Gasteiger partial charge in [-0.05, 0) is 0 Å². The van der Waals surface area contributed by atoms with Crippen molar-refractivity contribution in [1.29, 1.82) is 0 Å². The van der Waals surface area contributed by atoms with Crippen LogP contribution < -0.4 is 5.11 Å². The van der Waals surface area contributed by atoms with E-state index in [1.165, 1.54) is 0 Å². The van der Waals surface area contributed by atoms with Gasteiger partial charge in [0, 0.05) is 0 Å². The topological polar surface area (TPSA) is 173 Å². The Morgan fingerprint density at radius 3 is 1.76 bits per heavy atom. The smallest absolute Gasteiger partial charge is 0.324 e. The maximum Gasteiger partial charge on any atom is 0.324 e. The molecule has 0 saturated carbocycles. The van der Waals surface area contributed by atoms with Crippen molar-refractivity contribution >= 4 is 17.1 Å². The van der Waals surface area contributed by atoms with Gasteiger partial charge < -0.3 is 10.2 Å². The van der Waals surface area contributed by atoms with Gasteiger partial charge in [0.05, 0.1) is 26.6 Å². The molecule has 0 unspecified atom stereocenters. The minimum atomic E-state index is -1.69. The molecule has 0 fully saturated rings. The third-order valence-corrected chi connectivity index (χ3v) is 1.76. The van der Waals surface area contributed by atoms with Crippen LogP contribution in [0.3, 0.4) is 0 Å². The minimum Gasteiger partial charge on any atom is -0.863 e. The predicted molar refractivity (Wildman–Crippen MR) is 47.5 cm³/mol. The molecule has 0 atom stereocenters. The van der Waals surface area contributed by atoms with Crippen LogP contribution in [0.15, 0.2) is 6.07 Å². The summed E-state index contributed by atoms with van der Waals surface area (Å²) in [4.78, 5) is 27.1. The molecule has 11 heteroatoms. The monoisotopic (exact) mass is 244 g/mol. The number of hydrogen-bond acceptors (Lipinski definition) is 8. The van der Waals surface area contributed by atoms with Crippen molar-refractivity contribution in [3.05, 3.63) is 36.4 Å². The normalized spacial score (nSPS) is 9.88. The summed E-state index contributed by atoms with van der Waals surface area (Å²) in [5, 5.41) is 51.4. The van der Waals surface area contributed by atoms with E-state index in [2.05, 4.69) is 0 Å². The van der Waals surface area contributed by atoms with Gasteiger partial charge in [-0.25, -0.2) is 0 Å². The van der Waals surface area contributed by atoms with Crippen molar-refractivity contribution in [3.8, 4) is 11.5 Å². The third-order valence-electron chi connectivity index (χ3n) is 1.76. The molecule has 1 aromatic rings. The zero-order valence-corrected chi connectivity index (χ0v) is 7.72. The van der Waals surface area contributed by atoms with E-state index in [1.807, 2.05) is 0 Å². The zero-order chi connectivity index (χ0) is 13.3. The number of nitro benzene ring substituents is 3. The summed E-state index contributed by atoms with van der Waals surface area (Å²) in [5.41, 5.74) is -4.21. The number of nitro groups is 3. The Morgan fingerprint density at radius 1 is 0.941 bits per heavy atom. The van der Waals surface area contributed by atoms with Gasteiger partial charge in [-0.2, -0.15) is 0 Å². The summed E-state index contributed by atoms with van der Waals surface area (Å²) in [6, 6.07) is 0.171. The quantitative estimate of drug-likeness (QED) is 0.578. The molecule has 1 N–H and O–H groups in total. The Labute approximate surface area is 91.0 Å². The van der Waals surface area contributed by atoms with Crippen molar-refractivity contribution in [2.75, 3.05) is 0 Å². The van der Waals surface area contributed by atoms with Gasteiger partial charge in [0.2, 0.25) is 0 Å². The fourth-order valence-electron chi connectivity index (χ4n) is 1.06. The highest BCUT2D eigenvalue weighted by atomic mass is 16.6. The number of phenols is 1. The van der Waals surface area contributed by atoms with E-state index in [-0.39, 0.29) is 6.07 Å². The van der Waals surface area contributed by atoms with E-state index in [9.17, 15) is 35.4 Å². The molecule has 0 aliphatic heterocycles. The lowest BCUT2D eigenvalue weighted by molar-refractivity contribution is -0.421. The standard InChI is InChI=1S/C6H3N3O8/c10-5-2(7(12)13)1-3(8(14)15)6(11)4(5)9(16)17/h1,10-11H/p-1. The molecule has 0 heterocycles. The van der Waals surface area contributed by atoms with Gasteiger partial charge in [-0.3, -0.25) is 30.3 Å². The van der Waals surface area contributed by atoms with Gasteiger partial charge >= 0.3 is 11.4 Å². The highest BCUT2D eigenvalue weighted by molar-refractivity contribution is 5.73. The molecule has 0 aliphatic carbocycles. The van der Waals surface area contributed by atoms with Crippen molar-refractivity contribution in [2.45, 2.75) is 0 Å². The number of nitrogens with zero attached hydrogens (tertiary/aromatic N) is 3.